The average Bonchev–Trinajstić information content (AvgIpc) is 3.16. The summed E-state index contributed by atoms with van der Waals surface area (Å²) in [5.41, 5.74) is 6.10. The zero-order valence-electron chi connectivity index (χ0n) is 20.3. The van der Waals surface area contributed by atoms with Crippen molar-refractivity contribution in [3.05, 3.63) is 89.0 Å². The minimum absolute atomic E-state index is 0.320. The van der Waals surface area contributed by atoms with Gasteiger partial charge >= 0.3 is 5.97 Å². The van der Waals surface area contributed by atoms with Gasteiger partial charge in [-0.1, -0.05) is 67.9 Å². The second-order valence-corrected chi connectivity index (χ2v) is 9.10. The molecule has 1 aliphatic carbocycles. The molecular weight excluding hydrogens is 424 g/mol. The summed E-state index contributed by atoms with van der Waals surface area (Å²) >= 11 is 0. The second kappa shape index (κ2) is 10.4. The van der Waals surface area contributed by atoms with Gasteiger partial charge in [0.25, 0.3) is 0 Å². The van der Waals surface area contributed by atoms with E-state index in [0.29, 0.717) is 24.7 Å². The molecule has 3 aromatic rings. The molecule has 0 fully saturated rings. The van der Waals surface area contributed by atoms with E-state index in [9.17, 15) is 9.90 Å². The van der Waals surface area contributed by atoms with Gasteiger partial charge in [-0.15, -0.1) is 0 Å². The summed E-state index contributed by atoms with van der Waals surface area (Å²) in [6.07, 6.45) is 4.41. The molecule has 4 rings (SSSR count). The highest BCUT2D eigenvalue weighted by Gasteiger charge is 2.36. The van der Waals surface area contributed by atoms with E-state index in [1.807, 2.05) is 12.1 Å². The molecule has 0 saturated carbocycles. The smallest absolute Gasteiger partial charge is 0.340 e. The Hall–Kier alpha value is -3.11. The van der Waals surface area contributed by atoms with Crippen LogP contribution in [-0.2, 0) is 21.6 Å². The van der Waals surface area contributed by atoms with E-state index in [1.54, 1.807) is 26.0 Å². The third-order valence-electron chi connectivity index (χ3n) is 6.86. The van der Waals surface area contributed by atoms with Crippen LogP contribution in [0.15, 0.2) is 66.7 Å². The standard InChI is InChI=1S/C30H34O4/c1-4-6-9-21-12-17-26-24-10-7-8-11-25(24)27(28(26)20-21)18-19-33-23-15-13-22(14-16-23)30(3,29(31)32)34-5-2/h7-8,10-17,20,27H,4-6,9,18-19H2,1-3H3,(H,31,32). The number of aliphatic carboxylic acids is 1. The summed E-state index contributed by atoms with van der Waals surface area (Å²) in [4.78, 5) is 11.7. The van der Waals surface area contributed by atoms with Crippen molar-refractivity contribution in [2.24, 2.45) is 0 Å². The van der Waals surface area contributed by atoms with Gasteiger partial charge in [-0.25, -0.2) is 4.79 Å². The monoisotopic (exact) mass is 458 g/mol. The number of fused-ring (bicyclic) bond motifs is 3. The largest absolute Gasteiger partial charge is 0.494 e. The first-order chi connectivity index (χ1) is 16.5. The van der Waals surface area contributed by atoms with Crippen LogP contribution in [0.25, 0.3) is 11.1 Å². The van der Waals surface area contributed by atoms with Crippen molar-refractivity contribution < 1.29 is 19.4 Å². The highest BCUT2D eigenvalue weighted by Crippen LogP contribution is 2.46. The minimum atomic E-state index is -1.36. The maximum Gasteiger partial charge on any atom is 0.340 e. The van der Waals surface area contributed by atoms with E-state index < -0.39 is 11.6 Å². The molecule has 0 aromatic heterocycles. The Morgan fingerprint density at radius 3 is 2.41 bits per heavy atom. The molecule has 0 amide bonds. The molecule has 0 aliphatic heterocycles. The molecule has 1 N–H and O–H groups in total. The van der Waals surface area contributed by atoms with E-state index in [4.69, 9.17) is 9.47 Å². The number of carbonyl (C=O) groups is 1. The molecule has 178 valence electrons. The molecule has 0 saturated heterocycles. The Balaban J connectivity index is 1.47. The number of hydrogen-bond acceptors (Lipinski definition) is 3. The van der Waals surface area contributed by atoms with E-state index >= 15 is 0 Å². The van der Waals surface area contributed by atoms with Crippen LogP contribution in [0.1, 0.15) is 68.2 Å². The van der Waals surface area contributed by atoms with E-state index in [0.717, 1.165) is 18.6 Å². The van der Waals surface area contributed by atoms with Gasteiger partial charge in [0.2, 0.25) is 0 Å². The lowest BCUT2D eigenvalue weighted by Crippen LogP contribution is -2.35. The van der Waals surface area contributed by atoms with Gasteiger partial charge in [0.1, 0.15) is 5.75 Å². The number of rotatable bonds is 11. The van der Waals surface area contributed by atoms with Gasteiger partial charge in [0, 0.05) is 12.5 Å². The summed E-state index contributed by atoms with van der Waals surface area (Å²) < 4.78 is 11.6. The summed E-state index contributed by atoms with van der Waals surface area (Å²) in [6, 6.07) is 22.9. The van der Waals surface area contributed by atoms with Crippen LogP contribution >= 0.6 is 0 Å². The van der Waals surface area contributed by atoms with Crippen molar-refractivity contribution >= 4 is 5.97 Å². The van der Waals surface area contributed by atoms with Crippen molar-refractivity contribution in [1.29, 1.82) is 0 Å². The predicted octanol–water partition coefficient (Wildman–Crippen LogP) is 6.95. The van der Waals surface area contributed by atoms with Crippen molar-refractivity contribution in [3.63, 3.8) is 0 Å². The second-order valence-electron chi connectivity index (χ2n) is 9.10. The molecule has 4 heteroatoms. The zero-order chi connectivity index (χ0) is 24.1. The van der Waals surface area contributed by atoms with Gasteiger partial charge in [0.15, 0.2) is 5.60 Å². The van der Waals surface area contributed by atoms with Crippen LogP contribution in [0.5, 0.6) is 5.75 Å². The van der Waals surface area contributed by atoms with E-state index in [-0.39, 0.29) is 0 Å². The van der Waals surface area contributed by atoms with Crippen LogP contribution in [0.4, 0.5) is 0 Å². The van der Waals surface area contributed by atoms with Gasteiger partial charge in [0.05, 0.1) is 6.61 Å². The van der Waals surface area contributed by atoms with Crippen molar-refractivity contribution in [3.8, 4) is 16.9 Å². The molecular formula is C30H34O4. The van der Waals surface area contributed by atoms with Crippen LogP contribution in [0, 0.1) is 0 Å². The molecule has 1 aliphatic rings. The number of hydrogen-bond donors (Lipinski definition) is 1. The van der Waals surface area contributed by atoms with Gasteiger partial charge in [-0.2, -0.15) is 0 Å². The fourth-order valence-electron chi connectivity index (χ4n) is 4.93. The Bertz CT molecular complexity index is 1130. The van der Waals surface area contributed by atoms with E-state index in [1.165, 1.54) is 40.7 Å². The van der Waals surface area contributed by atoms with Crippen LogP contribution in [0.2, 0.25) is 0 Å². The molecule has 3 aromatic carbocycles. The number of benzene rings is 3. The lowest BCUT2D eigenvalue weighted by molar-refractivity contribution is -0.164. The number of ether oxygens (including phenoxy) is 2. The highest BCUT2D eigenvalue weighted by molar-refractivity contribution is 5.79. The van der Waals surface area contributed by atoms with Crippen LogP contribution < -0.4 is 4.74 Å². The van der Waals surface area contributed by atoms with Crippen LogP contribution in [0.3, 0.4) is 0 Å². The summed E-state index contributed by atoms with van der Waals surface area (Å²) in [6.45, 7) is 6.52. The predicted molar refractivity (Wildman–Crippen MR) is 136 cm³/mol. The lowest BCUT2D eigenvalue weighted by Gasteiger charge is -2.25. The third-order valence-corrected chi connectivity index (χ3v) is 6.86. The number of unbranched alkanes of at least 4 members (excludes halogenated alkanes) is 1. The summed E-state index contributed by atoms with van der Waals surface area (Å²) in [5, 5.41) is 9.62. The number of carboxylic acids is 1. The molecule has 34 heavy (non-hydrogen) atoms. The average molecular weight is 459 g/mol. The fourth-order valence-corrected chi connectivity index (χ4v) is 4.93. The van der Waals surface area contributed by atoms with Crippen molar-refractivity contribution in [2.75, 3.05) is 13.2 Å². The fraction of sp³-hybridized carbons (Fsp3) is 0.367. The zero-order valence-corrected chi connectivity index (χ0v) is 20.3. The SMILES string of the molecule is CCCCc1ccc2c(c1)C(CCOc1ccc(C(C)(OCC)C(=O)O)cc1)c1ccccc1-2. The normalized spacial score (nSPS) is 15.9. The molecule has 0 bridgehead atoms. The van der Waals surface area contributed by atoms with Gasteiger partial charge in [-0.05, 0) is 78.6 Å². The Kier molecular flexibility index (Phi) is 7.38. The molecule has 2 unspecified atom stereocenters. The summed E-state index contributed by atoms with van der Waals surface area (Å²) in [7, 11) is 0. The maximum atomic E-state index is 11.7. The van der Waals surface area contributed by atoms with Crippen molar-refractivity contribution in [1.82, 2.24) is 0 Å². The maximum absolute atomic E-state index is 11.7. The minimum Gasteiger partial charge on any atom is -0.494 e. The lowest BCUT2D eigenvalue weighted by atomic mass is 9.92. The molecule has 0 heterocycles. The first-order valence-corrected chi connectivity index (χ1v) is 12.3. The first-order valence-electron chi connectivity index (χ1n) is 12.3. The Labute approximate surface area is 202 Å². The number of carboxylic acid groups (broad SMARTS) is 1. The Morgan fingerprint density at radius 1 is 0.971 bits per heavy atom. The molecule has 2 atom stereocenters. The summed E-state index contributed by atoms with van der Waals surface area (Å²) in [5.74, 6) is 0.0522. The quantitative estimate of drug-likeness (QED) is 0.338. The first kappa shape index (κ1) is 24.0. The van der Waals surface area contributed by atoms with Crippen molar-refractivity contribution in [2.45, 2.75) is 58.0 Å². The van der Waals surface area contributed by atoms with E-state index in [2.05, 4.69) is 49.4 Å². The molecule has 0 radical (unpaired) electrons. The highest BCUT2D eigenvalue weighted by atomic mass is 16.5. The van der Waals surface area contributed by atoms with Crippen LogP contribution in [-0.4, -0.2) is 24.3 Å². The Morgan fingerprint density at radius 2 is 1.71 bits per heavy atom. The topological polar surface area (TPSA) is 55.8 Å². The number of aryl methyl sites for hydroxylation is 1. The molecule has 0 spiro atoms. The third kappa shape index (κ3) is 4.74. The molecule has 4 nitrogen and oxygen atoms in total. The van der Waals surface area contributed by atoms with Gasteiger partial charge < -0.3 is 14.6 Å². The van der Waals surface area contributed by atoms with Gasteiger partial charge in [-0.3, -0.25) is 0 Å².